The van der Waals surface area contributed by atoms with E-state index in [0.29, 0.717) is 0 Å². The van der Waals surface area contributed by atoms with Gasteiger partial charge in [0.05, 0.1) is 12.7 Å². The third kappa shape index (κ3) is 2.94. The molecule has 0 amide bonds. The van der Waals surface area contributed by atoms with Crippen molar-refractivity contribution in [2.45, 2.75) is 12.2 Å². The van der Waals surface area contributed by atoms with E-state index < -0.39 is 35.1 Å². The van der Waals surface area contributed by atoms with Gasteiger partial charge in [-0.05, 0) is 17.7 Å². The third-order valence-corrected chi connectivity index (χ3v) is 2.11. The molecule has 1 unspecified atom stereocenters. The van der Waals surface area contributed by atoms with Crippen molar-refractivity contribution in [2.24, 2.45) is 5.73 Å². The normalized spacial score (nSPS) is 13.3. The molecular weight excluding hydrogens is 242 g/mol. The third-order valence-electron chi connectivity index (χ3n) is 2.11. The molecule has 7 heteroatoms. The first-order chi connectivity index (χ1) is 7.77. The maximum Gasteiger partial charge on any atom is 0.416 e. The Bertz CT molecular complexity index is 431. The molecule has 0 heterocycles. The second-order valence-corrected chi connectivity index (χ2v) is 3.23. The van der Waals surface area contributed by atoms with Gasteiger partial charge in [-0.2, -0.15) is 13.2 Å². The highest BCUT2D eigenvalue weighted by molar-refractivity contribution is 5.77. The van der Waals surface area contributed by atoms with E-state index in [0.717, 1.165) is 19.2 Å². The number of benzene rings is 1. The molecule has 0 fully saturated rings. The second kappa shape index (κ2) is 4.70. The van der Waals surface area contributed by atoms with Gasteiger partial charge in [0, 0.05) is 0 Å². The van der Waals surface area contributed by atoms with E-state index in [1.165, 1.54) is 0 Å². The molecule has 0 radical (unpaired) electrons. The molecule has 1 atom stereocenters. The average molecular weight is 251 g/mol. The molecule has 1 aromatic rings. The van der Waals surface area contributed by atoms with Crippen LogP contribution >= 0.6 is 0 Å². The number of esters is 1. The van der Waals surface area contributed by atoms with Gasteiger partial charge in [-0.15, -0.1) is 0 Å². The van der Waals surface area contributed by atoms with E-state index in [9.17, 15) is 22.4 Å². The van der Waals surface area contributed by atoms with Crippen molar-refractivity contribution in [1.82, 2.24) is 0 Å². The summed E-state index contributed by atoms with van der Waals surface area (Å²) in [5, 5.41) is 0. The van der Waals surface area contributed by atoms with Crippen LogP contribution in [-0.4, -0.2) is 13.1 Å². The molecule has 0 aliphatic carbocycles. The number of hydrogen-bond donors (Lipinski definition) is 1. The summed E-state index contributed by atoms with van der Waals surface area (Å²) in [6.45, 7) is 0. The Kier molecular flexibility index (Phi) is 3.72. The topological polar surface area (TPSA) is 52.3 Å². The fourth-order valence-electron chi connectivity index (χ4n) is 1.30. The van der Waals surface area contributed by atoms with Crippen LogP contribution in [0, 0.1) is 5.82 Å². The van der Waals surface area contributed by atoms with E-state index in [2.05, 4.69) is 4.74 Å². The monoisotopic (exact) mass is 251 g/mol. The zero-order valence-corrected chi connectivity index (χ0v) is 8.72. The lowest BCUT2D eigenvalue weighted by Gasteiger charge is -2.16. The van der Waals surface area contributed by atoms with Crippen LogP contribution in [0.3, 0.4) is 0 Å². The standard InChI is InChI=1S/C10H9F4NO2/c1-17-9(16)8(15)6-3-2-5(11)4-7(6)10(12,13)14/h2-4,8H,15H2,1H3. The zero-order valence-electron chi connectivity index (χ0n) is 8.72. The quantitative estimate of drug-likeness (QED) is 0.646. The number of methoxy groups -OCH3 is 1. The molecule has 1 aromatic carbocycles. The van der Waals surface area contributed by atoms with E-state index >= 15 is 0 Å². The molecule has 1 rings (SSSR count). The van der Waals surface area contributed by atoms with Crippen LogP contribution in [0.15, 0.2) is 18.2 Å². The van der Waals surface area contributed by atoms with Crippen molar-refractivity contribution in [3.63, 3.8) is 0 Å². The average Bonchev–Trinajstić information content (AvgIpc) is 2.25. The molecule has 17 heavy (non-hydrogen) atoms. The van der Waals surface area contributed by atoms with Gasteiger partial charge in [0.25, 0.3) is 0 Å². The number of alkyl halides is 3. The van der Waals surface area contributed by atoms with Crippen molar-refractivity contribution >= 4 is 5.97 Å². The van der Waals surface area contributed by atoms with Crippen LogP contribution in [0.25, 0.3) is 0 Å². The lowest BCUT2D eigenvalue weighted by Crippen LogP contribution is -2.26. The SMILES string of the molecule is COC(=O)C(N)c1ccc(F)cc1C(F)(F)F. The van der Waals surface area contributed by atoms with Crippen molar-refractivity contribution in [2.75, 3.05) is 7.11 Å². The summed E-state index contributed by atoms with van der Waals surface area (Å²) < 4.78 is 54.8. The number of hydrogen-bond acceptors (Lipinski definition) is 3. The number of carbonyl (C=O) groups excluding carboxylic acids is 1. The van der Waals surface area contributed by atoms with Crippen LogP contribution in [0.1, 0.15) is 17.2 Å². The first-order valence-corrected chi connectivity index (χ1v) is 4.47. The Morgan fingerprint density at radius 1 is 1.41 bits per heavy atom. The zero-order chi connectivity index (χ0) is 13.2. The van der Waals surface area contributed by atoms with Crippen molar-refractivity contribution in [3.05, 3.63) is 35.1 Å². The summed E-state index contributed by atoms with van der Waals surface area (Å²) >= 11 is 0. The Labute approximate surface area is 94.2 Å². The summed E-state index contributed by atoms with van der Waals surface area (Å²) in [4.78, 5) is 11.1. The fourth-order valence-corrected chi connectivity index (χ4v) is 1.30. The minimum absolute atomic E-state index is 0.290. The Hall–Kier alpha value is -1.63. The maximum atomic E-state index is 12.8. The minimum Gasteiger partial charge on any atom is -0.468 e. The molecule has 94 valence electrons. The molecule has 0 aliphatic rings. The second-order valence-electron chi connectivity index (χ2n) is 3.23. The Morgan fingerprint density at radius 2 is 2.00 bits per heavy atom. The van der Waals surface area contributed by atoms with Gasteiger partial charge in [0.2, 0.25) is 0 Å². The lowest BCUT2D eigenvalue weighted by atomic mass is 10.0. The van der Waals surface area contributed by atoms with Crippen LogP contribution in [0.4, 0.5) is 17.6 Å². The van der Waals surface area contributed by atoms with E-state index in [4.69, 9.17) is 5.73 Å². The molecule has 2 N–H and O–H groups in total. The highest BCUT2D eigenvalue weighted by Gasteiger charge is 2.36. The summed E-state index contributed by atoms with van der Waals surface area (Å²) in [7, 11) is 0.999. The van der Waals surface area contributed by atoms with Gasteiger partial charge >= 0.3 is 12.1 Å². The molecule has 0 saturated heterocycles. The number of carbonyl (C=O) groups is 1. The van der Waals surface area contributed by atoms with E-state index in [1.807, 2.05) is 0 Å². The van der Waals surface area contributed by atoms with Gasteiger partial charge in [-0.3, -0.25) is 4.79 Å². The summed E-state index contributed by atoms with van der Waals surface area (Å²) in [5.41, 5.74) is 3.50. The summed E-state index contributed by atoms with van der Waals surface area (Å²) in [5.74, 6) is -2.08. The van der Waals surface area contributed by atoms with Crippen molar-refractivity contribution in [1.29, 1.82) is 0 Å². The molecule has 3 nitrogen and oxygen atoms in total. The van der Waals surface area contributed by atoms with Gasteiger partial charge in [-0.1, -0.05) is 6.07 Å². The molecule has 0 aliphatic heterocycles. The predicted molar refractivity (Wildman–Crippen MR) is 50.3 cm³/mol. The van der Waals surface area contributed by atoms with Crippen LogP contribution in [0.2, 0.25) is 0 Å². The van der Waals surface area contributed by atoms with Crippen molar-refractivity contribution < 1.29 is 27.1 Å². The number of nitrogens with two attached hydrogens (primary N) is 1. The van der Waals surface area contributed by atoms with Gasteiger partial charge in [-0.25, -0.2) is 4.39 Å². The predicted octanol–water partition coefficient (Wildman–Crippen LogP) is 2.02. The Morgan fingerprint density at radius 3 is 2.47 bits per heavy atom. The highest BCUT2D eigenvalue weighted by atomic mass is 19.4. The molecule has 0 aromatic heterocycles. The fraction of sp³-hybridized carbons (Fsp3) is 0.300. The van der Waals surface area contributed by atoms with Crippen molar-refractivity contribution in [3.8, 4) is 0 Å². The van der Waals surface area contributed by atoms with Crippen LogP contribution in [-0.2, 0) is 15.7 Å². The first-order valence-electron chi connectivity index (χ1n) is 4.47. The highest BCUT2D eigenvalue weighted by Crippen LogP contribution is 2.34. The minimum atomic E-state index is -4.79. The smallest absolute Gasteiger partial charge is 0.416 e. The van der Waals surface area contributed by atoms with Crippen LogP contribution < -0.4 is 5.73 Å². The molecule has 0 bridgehead atoms. The van der Waals surface area contributed by atoms with E-state index in [1.54, 1.807) is 0 Å². The molecular formula is C10H9F4NO2. The van der Waals surface area contributed by atoms with Gasteiger partial charge in [0.15, 0.2) is 0 Å². The first kappa shape index (κ1) is 13.4. The van der Waals surface area contributed by atoms with Crippen LogP contribution in [0.5, 0.6) is 0 Å². The van der Waals surface area contributed by atoms with E-state index in [-0.39, 0.29) is 6.07 Å². The molecule has 0 spiro atoms. The summed E-state index contributed by atoms with van der Waals surface area (Å²) in [6.07, 6.45) is -4.79. The number of rotatable bonds is 2. The Balaban J connectivity index is 3.29. The number of halogens is 4. The maximum absolute atomic E-state index is 12.8. The largest absolute Gasteiger partial charge is 0.468 e. The summed E-state index contributed by atoms with van der Waals surface area (Å²) in [6, 6.07) is 0.308. The van der Waals surface area contributed by atoms with Gasteiger partial charge in [0.1, 0.15) is 11.9 Å². The van der Waals surface area contributed by atoms with Gasteiger partial charge < -0.3 is 10.5 Å². The number of ether oxygens (including phenoxy) is 1. The molecule has 0 saturated carbocycles. The lowest BCUT2D eigenvalue weighted by molar-refractivity contribution is -0.144.